The maximum absolute atomic E-state index is 12.6. The lowest BCUT2D eigenvalue weighted by Gasteiger charge is -2.09. The first-order valence-corrected chi connectivity index (χ1v) is 9.33. The average molecular weight is 434 g/mol. The summed E-state index contributed by atoms with van der Waals surface area (Å²) >= 11 is 9.46. The van der Waals surface area contributed by atoms with Crippen molar-refractivity contribution in [2.75, 3.05) is 6.61 Å². The predicted octanol–water partition coefficient (Wildman–Crippen LogP) is 5.23. The minimum Gasteiger partial charge on any atom is -0.482 e. The van der Waals surface area contributed by atoms with Crippen molar-refractivity contribution in [2.24, 2.45) is 0 Å². The predicted molar refractivity (Wildman–Crippen MR) is 106 cm³/mol. The Kier molecular flexibility index (Phi) is 5.79. The molecule has 0 aliphatic carbocycles. The second kappa shape index (κ2) is 8.06. The molecule has 0 radical (unpaired) electrons. The SMILES string of the molecule is Cc1nn(C(=O)COc2ccc(Br)cc2Cl)c(C)c1Cc1ccccc1. The van der Waals surface area contributed by atoms with Crippen molar-refractivity contribution in [3.8, 4) is 5.75 Å². The van der Waals surface area contributed by atoms with E-state index in [0.29, 0.717) is 10.8 Å². The van der Waals surface area contributed by atoms with E-state index >= 15 is 0 Å². The molecule has 0 aliphatic heterocycles. The maximum Gasteiger partial charge on any atom is 0.284 e. The second-order valence-electron chi connectivity index (χ2n) is 5.98. The molecule has 1 heterocycles. The third kappa shape index (κ3) is 4.17. The van der Waals surface area contributed by atoms with Crippen LogP contribution in [0.4, 0.5) is 0 Å². The summed E-state index contributed by atoms with van der Waals surface area (Å²) < 4.78 is 7.84. The fourth-order valence-electron chi connectivity index (χ4n) is 2.77. The summed E-state index contributed by atoms with van der Waals surface area (Å²) in [6.45, 7) is 3.69. The van der Waals surface area contributed by atoms with E-state index in [1.807, 2.05) is 38.1 Å². The van der Waals surface area contributed by atoms with Crippen LogP contribution < -0.4 is 4.74 Å². The molecule has 6 heteroatoms. The Bertz CT molecular complexity index is 938. The van der Waals surface area contributed by atoms with Crippen LogP contribution in [0.5, 0.6) is 5.75 Å². The lowest BCUT2D eigenvalue weighted by atomic mass is 10.0. The van der Waals surface area contributed by atoms with Crippen LogP contribution in [0, 0.1) is 13.8 Å². The third-order valence-electron chi connectivity index (χ3n) is 4.15. The monoisotopic (exact) mass is 432 g/mol. The van der Waals surface area contributed by atoms with Gasteiger partial charge in [-0.2, -0.15) is 5.10 Å². The molecule has 0 atom stereocenters. The van der Waals surface area contributed by atoms with E-state index in [0.717, 1.165) is 27.8 Å². The van der Waals surface area contributed by atoms with Crippen LogP contribution in [-0.4, -0.2) is 22.3 Å². The van der Waals surface area contributed by atoms with Crippen LogP contribution in [0.25, 0.3) is 0 Å². The summed E-state index contributed by atoms with van der Waals surface area (Å²) in [4.78, 5) is 12.6. The van der Waals surface area contributed by atoms with E-state index in [4.69, 9.17) is 16.3 Å². The van der Waals surface area contributed by atoms with Gasteiger partial charge in [0.2, 0.25) is 0 Å². The topological polar surface area (TPSA) is 44.1 Å². The molecule has 0 N–H and O–H groups in total. The molecule has 0 saturated carbocycles. The Morgan fingerprint density at radius 2 is 1.92 bits per heavy atom. The van der Waals surface area contributed by atoms with E-state index in [1.165, 1.54) is 10.2 Å². The Morgan fingerprint density at radius 3 is 2.62 bits per heavy atom. The Hall–Kier alpha value is -2.11. The highest BCUT2D eigenvalue weighted by atomic mass is 79.9. The summed E-state index contributed by atoms with van der Waals surface area (Å²) in [6, 6.07) is 15.4. The van der Waals surface area contributed by atoms with Gasteiger partial charge in [-0.15, -0.1) is 0 Å². The summed E-state index contributed by atoms with van der Waals surface area (Å²) in [5, 5.41) is 4.85. The van der Waals surface area contributed by atoms with Gasteiger partial charge in [-0.25, -0.2) is 4.68 Å². The Labute approximate surface area is 165 Å². The minimum atomic E-state index is -0.233. The van der Waals surface area contributed by atoms with Crippen molar-refractivity contribution in [1.29, 1.82) is 0 Å². The normalized spacial score (nSPS) is 10.8. The number of aryl methyl sites for hydroxylation is 1. The Balaban J connectivity index is 1.74. The van der Waals surface area contributed by atoms with Gasteiger partial charge in [0.1, 0.15) is 5.75 Å². The fraction of sp³-hybridized carbons (Fsp3) is 0.200. The van der Waals surface area contributed by atoms with Gasteiger partial charge in [0, 0.05) is 22.2 Å². The number of halogens is 2. The molecule has 4 nitrogen and oxygen atoms in total. The largest absolute Gasteiger partial charge is 0.482 e. The van der Waals surface area contributed by atoms with Gasteiger partial charge in [-0.1, -0.05) is 57.9 Å². The quantitative estimate of drug-likeness (QED) is 0.554. The third-order valence-corrected chi connectivity index (χ3v) is 4.93. The van der Waals surface area contributed by atoms with E-state index in [2.05, 4.69) is 33.2 Å². The highest BCUT2D eigenvalue weighted by Crippen LogP contribution is 2.27. The minimum absolute atomic E-state index is 0.131. The molecule has 0 spiro atoms. The number of rotatable bonds is 5. The average Bonchev–Trinajstić information content (AvgIpc) is 2.90. The number of benzene rings is 2. The number of carbonyl (C=O) groups excluding carboxylic acids is 1. The molecule has 0 amide bonds. The van der Waals surface area contributed by atoms with Gasteiger partial charge in [0.25, 0.3) is 5.91 Å². The molecular formula is C20H18BrClN2O2. The van der Waals surface area contributed by atoms with Crippen LogP contribution in [0.3, 0.4) is 0 Å². The summed E-state index contributed by atoms with van der Waals surface area (Å²) in [6.07, 6.45) is 0.741. The van der Waals surface area contributed by atoms with Crippen molar-refractivity contribution in [2.45, 2.75) is 20.3 Å². The lowest BCUT2D eigenvalue weighted by Crippen LogP contribution is -2.22. The van der Waals surface area contributed by atoms with Gasteiger partial charge in [-0.05, 0) is 37.6 Å². The first-order valence-electron chi connectivity index (χ1n) is 8.16. The van der Waals surface area contributed by atoms with Gasteiger partial charge in [-0.3, -0.25) is 4.79 Å². The zero-order chi connectivity index (χ0) is 18.7. The summed E-state index contributed by atoms with van der Waals surface area (Å²) in [5.74, 6) is 0.234. The number of hydrogen-bond donors (Lipinski definition) is 0. The molecule has 134 valence electrons. The van der Waals surface area contributed by atoms with Crippen molar-refractivity contribution >= 4 is 33.4 Å². The van der Waals surface area contributed by atoms with Crippen LogP contribution in [0.1, 0.15) is 27.3 Å². The molecule has 26 heavy (non-hydrogen) atoms. The van der Waals surface area contributed by atoms with Gasteiger partial charge in [0.05, 0.1) is 10.7 Å². The van der Waals surface area contributed by atoms with Crippen LogP contribution in [0.15, 0.2) is 53.0 Å². The van der Waals surface area contributed by atoms with Crippen LogP contribution >= 0.6 is 27.5 Å². The van der Waals surface area contributed by atoms with Crippen LogP contribution in [-0.2, 0) is 6.42 Å². The second-order valence-corrected chi connectivity index (χ2v) is 7.30. The molecule has 0 aliphatic rings. The molecule has 0 saturated heterocycles. The van der Waals surface area contributed by atoms with E-state index < -0.39 is 0 Å². The van der Waals surface area contributed by atoms with E-state index in [1.54, 1.807) is 12.1 Å². The Morgan fingerprint density at radius 1 is 1.19 bits per heavy atom. The first kappa shape index (κ1) is 18.7. The van der Waals surface area contributed by atoms with Crippen LogP contribution in [0.2, 0.25) is 5.02 Å². The van der Waals surface area contributed by atoms with Crippen molar-refractivity contribution in [3.05, 3.63) is 80.5 Å². The van der Waals surface area contributed by atoms with Crippen molar-refractivity contribution < 1.29 is 9.53 Å². The highest BCUT2D eigenvalue weighted by molar-refractivity contribution is 9.10. The lowest BCUT2D eigenvalue weighted by molar-refractivity contribution is 0.0818. The fourth-order valence-corrected chi connectivity index (χ4v) is 3.49. The van der Waals surface area contributed by atoms with Gasteiger partial charge >= 0.3 is 0 Å². The standard InChI is InChI=1S/C20H18BrClN2O2/c1-13-17(10-15-6-4-3-5-7-15)14(2)24(23-13)20(25)12-26-19-9-8-16(21)11-18(19)22/h3-9,11H,10,12H2,1-2H3. The summed E-state index contributed by atoms with van der Waals surface area (Å²) in [5.41, 5.74) is 3.93. The van der Waals surface area contributed by atoms with Gasteiger partial charge in [0.15, 0.2) is 6.61 Å². The van der Waals surface area contributed by atoms with Crippen molar-refractivity contribution in [3.63, 3.8) is 0 Å². The first-order chi connectivity index (χ1) is 12.5. The molecule has 0 unspecified atom stereocenters. The number of carbonyl (C=O) groups is 1. The molecule has 2 aromatic carbocycles. The molecule has 1 aromatic heterocycles. The molecule has 3 aromatic rings. The van der Waals surface area contributed by atoms with Crippen molar-refractivity contribution in [1.82, 2.24) is 9.78 Å². The molecule has 3 rings (SSSR count). The molecular weight excluding hydrogens is 416 g/mol. The smallest absolute Gasteiger partial charge is 0.284 e. The summed E-state index contributed by atoms with van der Waals surface area (Å²) in [7, 11) is 0. The van der Waals surface area contributed by atoms with E-state index in [9.17, 15) is 4.79 Å². The van der Waals surface area contributed by atoms with E-state index in [-0.39, 0.29) is 12.5 Å². The number of ether oxygens (including phenoxy) is 1. The maximum atomic E-state index is 12.6. The van der Waals surface area contributed by atoms with Gasteiger partial charge < -0.3 is 4.74 Å². The zero-order valence-electron chi connectivity index (χ0n) is 14.5. The number of nitrogens with zero attached hydrogens (tertiary/aromatic N) is 2. The molecule has 0 fully saturated rings. The zero-order valence-corrected chi connectivity index (χ0v) is 16.8. The number of aromatic nitrogens is 2. The highest BCUT2D eigenvalue weighted by Gasteiger charge is 2.17. The number of hydrogen-bond acceptors (Lipinski definition) is 3. The molecule has 0 bridgehead atoms.